The van der Waals surface area contributed by atoms with Crippen molar-refractivity contribution in [1.82, 2.24) is 14.8 Å². The van der Waals surface area contributed by atoms with Crippen LogP contribution in [0.25, 0.3) is 5.82 Å². The van der Waals surface area contributed by atoms with Crippen LogP contribution in [-0.2, 0) is 4.74 Å². The number of hydrogen-bond acceptors (Lipinski definition) is 5. The molecule has 2 heterocycles. The lowest BCUT2D eigenvalue weighted by Crippen LogP contribution is -2.05. The van der Waals surface area contributed by atoms with E-state index in [9.17, 15) is 9.59 Å². The van der Waals surface area contributed by atoms with Gasteiger partial charge in [0.15, 0.2) is 5.82 Å². The van der Waals surface area contributed by atoms with Crippen molar-refractivity contribution < 1.29 is 19.4 Å². The Hall–Kier alpha value is -2.41. The van der Waals surface area contributed by atoms with Crippen molar-refractivity contribution >= 4 is 23.5 Å². The minimum atomic E-state index is -1.17. The Kier molecular flexibility index (Phi) is 3.99. The number of carboxylic acid groups (broad SMARTS) is 1. The third-order valence-corrected chi connectivity index (χ3v) is 2.70. The Morgan fingerprint density at radius 2 is 2.20 bits per heavy atom. The van der Waals surface area contributed by atoms with Crippen LogP contribution in [0.4, 0.5) is 0 Å². The Balaban J connectivity index is 2.35. The first-order chi connectivity index (χ1) is 9.52. The molecule has 1 N–H and O–H groups in total. The molecule has 104 valence electrons. The molecule has 0 aromatic carbocycles. The van der Waals surface area contributed by atoms with E-state index in [1.54, 1.807) is 6.92 Å². The van der Waals surface area contributed by atoms with Gasteiger partial charge in [-0.2, -0.15) is 5.10 Å². The summed E-state index contributed by atoms with van der Waals surface area (Å²) in [6, 6.07) is 1.27. The molecule has 0 saturated heterocycles. The molecule has 7 nitrogen and oxygen atoms in total. The standard InChI is InChI=1S/C12H10ClN3O4/c1-2-20-12(19)7-4-15-16(6-7)10-3-8(11(17)18)9(13)5-14-10/h3-6H,2H2,1H3,(H,17,18). The average molecular weight is 296 g/mol. The predicted molar refractivity (Wildman–Crippen MR) is 69.3 cm³/mol. The van der Waals surface area contributed by atoms with Crippen molar-refractivity contribution in [1.29, 1.82) is 0 Å². The van der Waals surface area contributed by atoms with E-state index in [4.69, 9.17) is 21.4 Å². The minimum Gasteiger partial charge on any atom is -0.478 e. The van der Waals surface area contributed by atoms with Gasteiger partial charge in [0, 0.05) is 12.4 Å². The van der Waals surface area contributed by atoms with Gasteiger partial charge in [-0.05, 0) is 13.0 Å². The summed E-state index contributed by atoms with van der Waals surface area (Å²) in [4.78, 5) is 26.5. The number of carbonyl (C=O) groups is 2. The summed E-state index contributed by atoms with van der Waals surface area (Å²) < 4.78 is 6.10. The van der Waals surface area contributed by atoms with Crippen LogP contribution < -0.4 is 0 Å². The normalized spacial score (nSPS) is 10.3. The van der Waals surface area contributed by atoms with Crippen molar-refractivity contribution in [2.75, 3.05) is 6.61 Å². The van der Waals surface area contributed by atoms with Crippen molar-refractivity contribution in [2.24, 2.45) is 0 Å². The van der Waals surface area contributed by atoms with Crippen LogP contribution in [0.1, 0.15) is 27.6 Å². The van der Waals surface area contributed by atoms with Gasteiger partial charge >= 0.3 is 11.9 Å². The Morgan fingerprint density at radius 1 is 1.45 bits per heavy atom. The van der Waals surface area contributed by atoms with E-state index < -0.39 is 11.9 Å². The van der Waals surface area contributed by atoms with E-state index in [1.165, 1.54) is 29.3 Å². The molecular weight excluding hydrogens is 286 g/mol. The van der Waals surface area contributed by atoms with Crippen LogP contribution >= 0.6 is 11.6 Å². The smallest absolute Gasteiger partial charge is 0.341 e. The van der Waals surface area contributed by atoms with Crippen LogP contribution in [0, 0.1) is 0 Å². The van der Waals surface area contributed by atoms with Crippen molar-refractivity contribution in [3.8, 4) is 5.82 Å². The van der Waals surface area contributed by atoms with E-state index in [2.05, 4.69) is 10.1 Å². The van der Waals surface area contributed by atoms with Gasteiger partial charge in [-0.3, -0.25) is 0 Å². The molecule has 2 aromatic heterocycles. The van der Waals surface area contributed by atoms with Crippen LogP contribution in [-0.4, -0.2) is 38.4 Å². The maximum absolute atomic E-state index is 11.5. The molecule has 0 aliphatic heterocycles. The summed E-state index contributed by atoms with van der Waals surface area (Å²) in [6.07, 6.45) is 3.93. The molecule has 2 aromatic rings. The molecule has 0 unspecified atom stereocenters. The molecular formula is C12H10ClN3O4. The molecule has 0 spiro atoms. The quantitative estimate of drug-likeness (QED) is 0.864. The molecule has 0 fully saturated rings. The first-order valence-electron chi connectivity index (χ1n) is 5.64. The third-order valence-electron chi connectivity index (χ3n) is 2.40. The SMILES string of the molecule is CCOC(=O)c1cnn(-c2cc(C(=O)O)c(Cl)cn2)c1. The number of aromatic carboxylic acids is 1. The molecule has 8 heteroatoms. The number of hydrogen-bond donors (Lipinski definition) is 1. The highest BCUT2D eigenvalue weighted by atomic mass is 35.5. The van der Waals surface area contributed by atoms with Crippen molar-refractivity contribution in [3.05, 3.63) is 40.8 Å². The zero-order chi connectivity index (χ0) is 14.7. The van der Waals surface area contributed by atoms with Gasteiger partial charge in [-0.25, -0.2) is 19.3 Å². The highest BCUT2D eigenvalue weighted by Crippen LogP contribution is 2.17. The number of pyridine rings is 1. The molecule has 0 radical (unpaired) electrons. The summed E-state index contributed by atoms with van der Waals surface area (Å²) in [5.74, 6) is -1.44. The van der Waals surface area contributed by atoms with E-state index in [0.717, 1.165) is 0 Å². The number of carbonyl (C=O) groups excluding carboxylic acids is 1. The molecule has 0 bridgehead atoms. The topological polar surface area (TPSA) is 94.3 Å². The van der Waals surface area contributed by atoms with Crippen LogP contribution in [0.2, 0.25) is 5.02 Å². The summed E-state index contributed by atoms with van der Waals surface area (Å²) in [7, 11) is 0. The number of halogens is 1. The first kappa shape index (κ1) is 14.0. The number of aromatic nitrogens is 3. The molecule has 0 aliphatic carbocycles. The van der Waals surface area contributed by atoms with Crippen LogP contribution in [0.3, 0.4) is 0 Å². The fraction of sp³-hybridized carbons (Fsp3) is 0.167. The molecule has 0 atom stereocenters. The number of rotatable bonds is 4. The number of esters is 1. The molecule has 20 heavy (non-hydrogen) atoms. The second kappa shape index (κ2) is 5.70. The Bertz CT molecular complexity index is 668. The van der Waals surface area contributed by atoms with Crippen LogP contribution in [0.5, 0.6) is 0 Å². The Morgan fingerprint density at radius 3 is 2.85 bits per heavy atom. The fourth-order valence-corrected chi connectivity index (χ4v) is 1.67. The highest BCUT2D eigenvalue weighted by molar-refractivity contribution is 6.33. The average Bonchev–Trinajstić information content (AvgIpc) is 2.89. The molecule has 0 amide bonds. The summed E-state index contributed by atoms with van der Waals surface area (Å²) in [5, 5.41) is 12.9. The minimum absolute atomic E-state index is 0.0269. The van der Waals surface area contributed by atoms with Gasteiger partial charge < -0.3 is 9.84 Å². The lowest BCUT2D eigenvalue weighted by atomic mass is 10.2. The zero-order valence-corrected chi connectivity index (χ0v) is 11.2. The summed E-state index contributed by atoms with van der Waals surface area (Å²) in [6.45, 7) is 1.95. The van der Waals surface area contributed by atoms with Gasteiger partial charge in [-0.15, -0.1) is 0 Å². The monoisotopic (exact) mass is 295 g/mol. The van der Waals surface area contributed by atoms with Crippen molar-refractivity contribution in [3.63, 3.8) is 0 Å². The predicted octanol–water partition coefficient (Wildman–Crippen LogP) is 1.80. The summed E-state index contributed by atoms with van der Waals surface area (Å²) >= 11 is 5.73. The third kappa shape index (κ3) is 2.77. The zero-order valence-electron chi connectivity index (χ0n) is 10.4. The van der Waals surface area contributed by atoms with Gasteiger partial charge in [0.2, 0.25) is 0 Å². The largest absolute Gasteiger partial charge is 0.478 e. The summed E-state index contributed by atoms with van der Waals surface area (Å²) in [5.41, 5.74) is 0.158. The van der Waals surface area contributed by atoms with Gasteiger partial charge in [-0.1, -0.05) is 11.6 Å². The van der Waals surface area contributed by atoms with Gasteiger partial charge in [0.05, 0.1) is 29.0 Å². The lowest BCUT2D eigenvalue weighted by molar-refractivity contribution is 0.0525. The fourth-order valence-electron chi connectivity index (χ4n) is 1.48. The highest BCUT2D eigenvalue weighted by Gasteiger charge is 2.14. The first-order valence-corrected chi connectivity index (χ1v) is 6.01. The Labute approximate surface area is 118 Å². The second-order valence-electron chi connectivity index (χ2n) is 3.72. The maximum atomic E-state index is 11.5. The second-order valence-corrected chi connectivity index (χ2v) is 4.13. The van der Waals surface area contributed by atoms with E-state index >= 15 is 0 Å². The van der Waals surface area contributed by atoms with Gasteiger partial charge in [0.25, 0.3) is 0 Å². The maximum Gasteiger partial charge on any atom is 0.341 e. The van der Waals surface area contributed by atoms with Crippen LogP contribution in [0.15, 0.2) is 24.7 Å². The molecule has 0 aliphatic rings. The number of carboxylic acids is 1. The van der Waals surface area contributed by atoms with E-state index in [-0.39, 0.29) is 28.6 Å². The van der Waals surface area contributed by atoms with E-state index in [1.807, 2.05) is 0 Å². The molecule has 2 rings (SSSR count). The number of nitrogens with zero attached hydrogens (tertiary/aromatic N) is 3. The van der Waals surface area contributed by atoms with Gasteiger partial charge in [0.1, 0.15) is 0 Å². The van der Waals surface area contributed by atoms with E-state index in [0.29, 0.717) is 0 Å². The molecule has 0 saturated carbocycles. The number of ether oxygens (including phenoxy) is 1. The van der Waals surface area contributed by atoms with Crippen molar-refractivity contribution in [2.45, 2.75) is 6.92 Å². The lowest BCUT2D eigenvalue weighted by Gasteiger charge is -2.03.